The Bertz CT molecular complexity index is 211. The van der Waals surface area contributed by atoms with E-state index in [1.165, 1.54) is 64.3 Å². The molecule has 0 aromatic heterocycles. The van der Waals surface area contributed by atoms with Crippen molar-refractivity contribution in [2.24, 2.45) is 5.92 Å². The van der Waals surface area contributed by atoms with Gasteiger partial charge in [-0.05, 0) is 52.1 Å². The van der Waals surface area contributed by atoms with Crippen molar-refractivity contribution in [2.45, 2.75) is 69.9 Å². The molecule has 2 rings (SSSR count). The Labute approximate surface area is 107 Å². The van der Waals surface area contributed by atoms with Crippen molar-refractivity contribution in [3.8, 4) is 0 Å². The van der Waals surface area contributed by atoms with E-state index in [0.717, 1.165) is 18.0 Å². The van der Waals surface area contributed by atoms with Gasteiger partial charge in [-0.25, -0.2) is 0 Å². The van der Waals surface area contributed by atoms with Gasteiger partial charge in [0.1, 0.15) is 0 Å². The van der Waals surface area contributed by atoms with Crippen LogP contribution in [0.1, 0.15) is 57.8 Å². The quantitative estimate of drug-likeness (QED) is 0.810. The van der Waals surface area contributed by atoms with Crippen molar-refractivity contribution in [1.82, 2.24) is 10.2 Å². The second-order valence-corrected chi connectivity index (χ2v) is 6.25. The van der Waals surface area contributed by atoms with Gasteiger partial charge in [0, 0.05) is 18.6 Å². The van der Waals surface area contributed by atoms with Gasteiger partial charge in [-0.2, -0.15) is 0 Å². The summed E-state index contributed by atoms with van der Waals surface area (Å²) >= 11 is 0. The van der Waals surface area contributed by atoms with Gasteiger partial charge in [-0.3, -0.25) is 0 Å². The largest absolute Gasteiger partial charge is 0.317 e. The SMILES string of the molecule is CNC1CCCC(N(C)CC2CCCCC2)C1. The molecule has 1 N–H and O–H groups in total. The fraction of sp³-hybridized carbons (Fsp3) is 1.00. The lowest BCUT2D eigenvalue weighted by Crippen LogP contribution is -2.43. The molecule has 0 aromatic carbocycles. The zero-order chi connectivity index (χ0) is 12.1. The van der Waals surface area contributed by atoms with Crippen LogP contribution in [0, 0.1) is 5.92 Å². The minimum atomic E-state index is 0.766. The molecule has 2 atom stereocenters. The lowest BCUT2D eigenvalue weighted by atomic mass is 9.86. The standard InChI is InChI=1S/C15H30N2/c1-16-14-9-6-10-15(11-14)17(2)12-13-7-4-3-5-8-13/h13-16H,3-12H2,1-2H3. The summed E-state index contributed by atoms with van der Waals surface area (Å²) in [6.07, 6.45) is 13.0. The molecule has 2 unspecified atom stereocenters. The van der Waals surface area contributed by atoms with Crippen LogP contribution >= 0.6 is 0 Å². The van der Waals surface area contributed by atoms with Crippen molar-refractivity contribution >= 4 is 0 Å². The summed E-state index contributed by atoms with van der Waals surface area (Å²) in [5.41, 5.74) is 0. The fourth-order valence-corrected chi connectivity index (χ4v) is 3.75. The Kier molecular flexibility index (Phi) is 5.30. The molecule has 0 heterocycles. The van der Waals surface area contributed by atoms with E-state index >= 15 is 0 Å². The smallest absolute Gasteiger partial charge is 0.0107 e. The Morgan fingerprint density at radius 3 is 2.47 bits per heavy atom. The molecule has 2 fully saturated rings. The average Bonchev–Trinajstić information content (AvgIpc) is 2.40. The van der Waals surface area contributed by atoms with E-state index < -0.39 is 0 Å². The molecule has 0 amide bonds. The number of hydrogen-bond acceptors (Lipinski definition) is 2. The maximum absolute atomic E-state index is 3.47. The van der Waals surface area contributed by atoms with Gasteiger partial charge in [0.2, 0.25) is 0 Å². The molecule has 2 aliphatic rings. The predicted octanol–water partition coefficient (Wildman–Crippen LogP) is 3.03. The van der Waals surface area contributed by atoms with E-state index in [1.807, 2.05) is 0 Å². The molecule has 0 spiro atoms. The van der Waals surface area contributed by atoms with E-state index in [1.54, 1.807) is 0 Å². The highest BCUT2D eigenvalue weighted by Gasteiger charge is 2.25. The highest BCUT2D eigenvalue weighted by Crippen LogP contribution is 2.27. The molecular formula is C15H30N2. The number of nitrogens with one attached hydrogen (secondary N) is 1. The van der Waals surface area contributed by atoms with Gasteiger partial charge in [0.15, 0.2) is 0 Å². The zero-order valence-electron chi connectivity index (χ0n) is 11.8. The third-order valence-corrected chi connectivity index (χ3v) is 4.95. The molecule has 17 heavy (non-hydrogen) atoms. The summed E-state index contributed by atoms with van der Waals surface area (Å²) < 4.78 is 0. The lowest BCUT2D eigenvalue weighted by molar-refractivity contribution is 0.138. The van der Waals surface area contributed by atoms with Crippen LogP contribution in [0.4, 0.5) is 0 Å². The third kappa shape index (κ3) is 3.96. The Morgan fingerprint density at radius 2 is 1.76 bits per heavy atom. The molecule has 2 nitrogen and oxygen atoms in total. The molecule has 0 saturated heterocycles. The number of hydrogen-bond donors (Lipinski definition) is 1. The molecule has 0 aromatic rings. The van der Waals surface area contributed by atoms with Gasteiger partial charge < -0.3 is 10.2 Å². The Morgan fingerprint density at radius 1 is 1.00 bits per heavy atom. The second kappa shape index (κ2) is 6.75. The minimum absolute atomic E-state index is 0.766. The zero-order valence-corrected chi connectivity index (χ0v) is 11.8. The van der Waals surface area contributed by atoms with Crippen molar-refractivity contribution in [2.75, 3.05) is 20.6 Å². The number of nitrogens with zero attached hydrogens (tertiary/aromatic N) is 1. The summed E-state index contributed by atoms with van der Waals surface area (Å²) in [7, 11) is 4.48. The summed E-state index contributed by atoms with van der Waals surface area (Å²) in [4.78, 5) is 2.67. The van der Waals surface area contributed by atoms with Gasteiger partial charge in [-0.1, -0.05) is 25.7 Å². The maximum Gasteiger partial charge on any atom is 0.0107 e. The van der Waals surface area contributed by atoms with Gasteiger partial charge in [-0.15, -0.1) is 0 Å². The Balaban J connectivity index is 1.75. The first-order valence-electron chi connectivity index (χ1n) is 7.67. The monoisotopic (exact) mass is 238 g/mol. The van der Waals surface area contributed by atoms with Crippen LogP contribution in [0.5, 0.6) is 0 Å². The van der Waals surface area contributed by atoms with Crippen LogP contribution in [-0.4, -0.2) is 37.6 Å². The normalized spacial score (nSPS) is 31.9. The maximum atomic E-state index is 3.47. The average molecular weight is 238 g/mol. The van der Waals surface area contributed by atoms with E-state index in [9.17, 15) is 0 Å². The first kappa shape index (κ1) is 13.4. The fourth-order valence-electron chi connectivity index (χ4n) is 3.75. The van der Waals surface area contributed by atoms with Crippen LogP contribution in [0.15, 0.2) is 0 Å². The molecule has 2 aliphatic carbocycles. The number of rotatable bonds is 4. The summed E-state index contributed by atoms with van der Waals surface area (Å²) in [5, 5.41) is 3.47. The third-order valence-electron chi connectivity index (χ3n) is 4.95. The van der Waals surface area contributed by atoms with E-state index in [2.05, 4.69) is 24.3 Å². The minimum Gasteiger partial charge on any atom is -0.317 e. The molecule has 100 valence electrons. The molecule has 0 bridgehead atoms. The van der Waals surface area contributed by atoms with Crippen LogP contribution in [0.25, 0.3) is 0 Å². The molecule has 0 radical (unpaired) electrons. The summed E-state index contributed by atoms with van der Waals surface area (Å²) in [5.74, 6) is 0.990. The van der Waals surface area contributed by atoms with Crippen LogP contribution < -0.4 is 5.32 Å². The van der Waals surface area contributed by atoms with E-state index in [-0.39, 0.29) is 0 Å². The van der Waals surface area contributed by atoms with Crippen LogP contribution in [0.2, 0.25) is 0 Å². The summed E-state index contributed by atoms with van der Waals surface area (Å²) in [6.45, 7) is 1.35. The van der Waals surface area contributed by atoms with E-state index in [4.69, 9.17) is 0 Å². The molecule has 2 saturated carbocycles. The first-order valence-corrected chi connectivity index (χ1v) is 7.67. The highest BCUT2D eigenvalue weighted by molar-refractivity contribution is 4.83. The van der Waals surface area contributed by atoms with Crippen LogP contribution in [0.3, 0.4) is 0 Å². The van der Waals surface area contributed by atoms with Gasteiger partial charge >= 0.3 is 0 Å². The molecule has 0 aliphatic heterocycles. The van der Waals surface area contributed by atoms with Gasteiger partial charge in [0.25, 0.3) is 0 Å². The van der Waals surface area contributed by atoms with E-state index in [0.29, 0.717) is 0 Å². The van der Waals surface area contributed by atoms with Gasteiger partial charge in [0.05, 0.1) is 0 Å². The predicted molar refractivity (Wildman–Crippen MR) is 74.3 cm³/mol. The van der Waals surface area contributed by atoms with Crippen molar-refractivity contribution in [1.29, 1.82) is 0 Å². The van der Waals surface area contributed by atoms with Crippen molar-refractivity contribution in [3.05, 3.63) is 0 Å². The lowest BCUT2D eigenvalue weighted by Gasteiger charge is -2.37. The topological polar surface area (TPSA) is 15.3 Å². The van der Waals surface area contributed by atoms with Crippen molar-refractivity contribution in [3.63, 3.8) is 0 Å². The second-order valence-electron chi connectivity index (χ2n) is 6.25. The highest BCUT2D eigenvalue weighted by atomic mass is 15.1. The Hall–Kier alpha value is -0.0800. The van der Waals surface area contributed by atoms with Crippen molar-refractivity contribution < 1.29 is 0 Å². The molecule has 2 heteroatoms. The van der Waals surface area contributed by atoms with Crippen LogP contribution in [-0.2, 0) is 0 Å². The summed E-state index contributed by atoms with van der Waals surface area (Å²) in [6, 6.07) is 1.60. The molecular weight excluding hydrogens is 208 g/mol. The first-order chi connectivity index (χ1) is 8.29.